The summed E-state index contributed by atoms with van der Waals surface area (Å²) in [6.07, 6.45) is 4.19. The summed E-state index contributed by atoms with van der Waals surface area (Å²) in [6, 6.07) is 18.7. The summed E-state index contributed by atoms with van der Waals surface area (Å²) in [5.74, 6) is 0.521. The third-order valence-electron chi connectivity index (χ3n) is 12.1. The largest absolute Gasteiger partial charge is 0.370 e. The molecule has 0 saturated carbocycles. The van der Waals surface area contributed by atoms with Gasteiger partial charge in [-0.05, 0) is 73.7 Å². The molecule has 2 N–H and O–H groups in total. The molecule has 306 valence electrons. The number of piperazine rings is 1. The van der Waals surface area contributed by atoms with Gasteiger partial charge in [-0.1, -0.05) is 35.3 Å². The highest BCUT2D eigenvalue weighted by Crippen LogP contribution is 2.38. The molecule has 6 heterocycles. The summed E-state index contributed by atoms with van der Waals surface area (Å²) in [5, 5.41) is 6.48. The highest BCUT2D eigenvalue weighted by atomic mass is 35.5. The standard InChI is InChI=1S/C42H45Cl2N11O4/c1-49-25-54(36-30(43)5-3-6-31(36)44)40(58)29-23-45-41(48-38(29)49)46-27-9-11-28(12-10-27)52-21-19-51(20-22-52)24-26-15-17-53(18-16-26)32-7-4-8-33-37(32)50(2)42(59)55(33)34-13-14-35(56)47-39(34)57/h3-12,23,26,34H,13-22,24-25H2,1-2H3,(H,45,46,48)(H,47,56,57). The van der Waals surface area contributed by atoms with E-state index in [1.165, 1.54) is 11.1 Å². The predicted molar refractivity (Wildman–Crippen MR) is 230 cm³/mol. The van der Waals surface area contributed by atoms with Crippen molar-refractivity contribution in [3.05, 3.63) is 93.0 Å². The third kappa shape index (κ3) is 7.36. The second-order valence-corrected chi connectivity index (χ2v) is 16.6. The summed E-state index contributed by atoms with van der Waals surface area (Å²) in [4.78, 5) is 71.3. The second-order valence-electron chi connectivity index (χ2n) is 15.8. The molecule has 4 aliphatic rings. The number of aromatic nitrogens is 4. The Kier molecular flexibility index (Phi) is 10.4. The van der Waals surface area contributed by atoms with E-state index in [-0.39, 0.29) is 30.6 Å². The van der Waals surface area contributed by atoms with E-state index in [1.54, 1.807) is 34.4 Å². The molecule has 17 heteroatoms. The number of aryl methyl sites for hydroxylation is 1. The van der Waals surface area contributed by atoms with Crippen molar-refractivity contribution in [1.82, 2.24) is 29.3 Å². The number of carbonyl (C=O) groups excluding carboxylic acids is 3. The minimum absolute atomic E-state index is 0.217. The molecule has 3 amide bonds. The van der Waals surface area contributed by atoms with E-state index in [1.807, 2.05) is 36.2 Å². The summed E-state index contributed by atoms with van der Waals surface area (Å²) in [6.45, 7) is 6.95. The average molecular weight is 839 g/mol. The van der Waals surface area contributed by atoms with Crippen LogP contribution in [-0.4, -0.2) is 101 Å². The molecule has 0 aliphatic carbocycles. The molecule has 59 heavy (non-hydrogen) atoms. The molecule has 1 unspecified atom stereocenters. The molecular weight excluding hydrogens is 793 g/mol. The van der Waals surface area contributed by atoms with Gasteiger partial charge in [-0.3, -0.25) is 38.6 Å². The van der Waals surface area contributed by atoms with Gasteiger partial charge < -0.3 is 20.0 Å². The lowest BCUT2D eigenvalue weighted by Gasteiger charge is -2.40. The normalized spacial score (nSPS) is 19.4. The molecule has 4 aliphatic heterocycles. The zero-order valence-corrected chi connectivity index (χ0v) is 34.4. The smallest absolute Gasteiger partial charge is 0.329 e. The molecule has 0 spiro atoms. The predicted octanol–water partition coefficient (Wildman–Crippen LogP) is 5.25. The fourth-order valence-electron chi connectivity index (χ4n) is 8.98. The van der Waals surface area contributed by atoms with Gasteiger partial charge in [0.1, 0.15) is 17.4 Å². The minimum atomic E-state index is -0.698. The molecule has 1 atom stereocenters. The molecule has 9 rings (SSSR count). The van der Waals surface area contributed by atoms with E-state index >= 15 is 0 Å². The lowest BCUT2D eigenvalue weighted by Crippen LogP contribution is -2.49. The number of carbonyl (C=O) groups is 3. The summed E-state index contributed by atoms with van der Waals surface area (Å²) in [7, 11) is 3.62. The Morgan fingerprint density at radius 2 is 1.54 bits per heavy atom. The summed E-state index contributed by atoms with van der Waals surface area (Å²) in [5.41, 5.74) is 5.14. The first kappa shape index (κ1) is 38.9. The van der Waals surface area contributed by atoms with Crippen LogP contribution in [0, 0.1) is 5.92 Å². The van der Waals surface area contributed by atoms with Crippen LogP contribution in [0.3, 0.4) is 0 Å². The van der Waals surface area contributed by atoms with E-state index in [0.29, 0.717) is 45.4 Å². The average Bonchev–Trinajstić information content (AvgIpc) is 3.49. The number of benzene rings is 3. The highest BCUT2D eigenvalue weighted by Gasteiger charge is 2.34. The molecule has 5 aromatic rings. The van der Waals surface area contributed by atoms with Crippen molar-refractivity contribution < 1.29 is 14.4 Å². The van der Waals surface area contributed by atoms with Crippen molar-refractivity contribution in [1.29, 1.82) is 0 Å². The highest BCUT2D eigenvalue weighted by molar-refractivity contribution is 6.40. The van der Waals surface area contributed by atoms with Crippen molar-refractivity contribution >= 4 is 86.5 Å². The van der Waals surface area contributed by atoms with Crippen LogP contribution >= 0.6 is 23.2 Å². The number of fused-ring (bicyclic) bond motifs is 2. The maximum Gasteiger partial charge on any atom is 0.329 e. The fourth-order valence-corrected chi connectivity index (χ4v) is 9.58. The van der Waals surface area contributed by atoms with Gasteiger partial charge in [0.15, 0.2) is 0 Å². The summed E-state index contributed by atoms with van der Waals surface area (Å²) < 4.78 is 3.20. The van der Waals surface area contributed by atoms with E-state index in [0.717, 1.165) is 86.8 Å². The monoisotopic (exact) mass is 837 g/mol. The Hall–Kier alpha value is -5.64. The number of hydrogen-bond donors (Lipinski definition) is 2. The lowest BCUT2D eigenvalue weighted by molar-refractivity contribution is -0.135. The fraction of sp³-hybridized carbons (Fsp3) is 0.381. The number of anilines is 6. The molecule has 3 aromatic carbocycles. The van der Waals surface area contributed by atoms with Crippen LogP contribution in [0.1, 0.15) is 42.1 Å². The van der Waals surface area contributed by atoms with E-state index < -0.39 is 11.9 Å². The SMILES string of the molecule is CN1CN(c2c(Cl)cccc2Cl)C(=O)c2cnc(Nc3ccc(N4CCN(CC5CCN(c6cccc7c6n(C)c(=O)n7C6CCC(=O)NC6=O)CC5)CC4)cc3)nc21. The van der Waals surface area contributed by atoms with Crippen LogP contribution in [0.15, 0.2) is 71.7 Å². The van der Waals surface area contributed by atoms with Crippen LogP contribution in [0.25, 0.3) is 11.0 Å². The number of imide groups is 1. The van der Waals surface area contributed by atoms with Crippen LogP contribution < -0.4 is 35.9 Å². The van der Waals surface area contributed by atoms with Gasteiger partial charge in [0.05, 0.1) is 39.1 Å². The van der Waals surface area contributed by atoms with Crippen LogP contribution in [0.5, 0.6) is 0 Å². The molecule has 15 nitrogen and oxygen atoms in total. The van der Waals surface area contributed by atoms with Gasteiger partial charge in [-0.25, -0.2) is 9.78 Å². The van der Waals surface area contributed by atoms with Gasteiger partial charge in [0, 0.05) is 83.9 Å². The van der Waals surface area contributed by atoms with Gasteiger partial charge >= 0.3 is 5.69 Å². The number of nitrogens with zero attached hydrogens (tertiary/aromatic N) is 9. The Morgan fingerprint density at radius 3 is 2.25 bits per heavy atom. The number of halogens is 2. The third-order valence-corrected chi connectivity index (χ3v) is 12.7. The molecule has 2 aromatic heterocycles. The number of amides is 3. The Balaban J connectivity index is 0.774. The number of imidazole rings is 1. The van der Waals surface area contributed by atoms with Crippen molar-refractivity contribution in [2.24, 2.45) is 13.0 Å². The molecule has 0 radical (unpaired) electrons. The zero-order valence-electron chi connectivity index (χ0n) is 32.9. The van der Waals surface area contributed by atoms with Gasteiger partial charge in [0.25, 0.3) is 5.91 Å². The topological polar surface area (TPSA) is 144 Å². The van der Waals surface area contributed by atoms with Crippen LogP contribution in [0.4, 0.5) is 34.5 Å². The number of para-hydroxylation sites is 2. The number of rotatable bonds is 8. The maximum absolute atomic E-state index is 13.5. The van der Waals surface area contributed by atoms with Crippen molar-refractivity contribution in [2.75, 3.05) is 84.4 Å². The summed E-state index contributed by atoms with van der Waals surface area (Å²) >= 11 is 12.8. The van der Waals surface area contributed by atoms with E-state index in [2.05, 4.69) is 53.5 Å². The molecule has 3 saturated heterocycles. The van der Waals surface area contributed by atoms with Gasteiger partial charge in [0.2, 0.25) is 17.8 Å². The molecule has 3 fully saturated rings. The Labute approximate surface area is 351 Å². The van der Waals surface area contributed by atoms with E-state index in [9.17, 15) is 19.2 Å². The van der Waals surface area contributed by atoms with Crippen LogP contribution in [0.2, 0.25) is 10.0 Å². The molecular formula is C42H45Cl2N11O4. The number of nitrogens with one attached hydrogen (secondary N) is 2. The van der Waals surface area contributed by atoms with Gasteiger partial charge in [-0.2, -0.15) is 4.98 Å². The van der Waals surface area contributed by atoms with Crippen molar-refractivity contribution in [3.63, 3.8) is 0 Å². The first-order chi connectivity index (χ1) is 28.5. The minimum Gasteiger partial charge on any atom is -0.370 e. The Bertz CT molecular complexity index is 2490. The lowest BCUT2D eigenvalue weighted by atomic mass is 9.95. The Morgan fingerprint density at radius 1 is 0.831 bits per heavy atom. The van der Waals surface area contributed by atoms with Crippen molar-refractivity contribution in [3.8, 4) is 0 Å². The van der Waals surface area contributed by atoms with E-state index in [4.69, 9.17) is 23.2 Å². The first-order valence-corrected chi connectivity index (χ1v) is 20.8. The molecule has 0 bridgehead atoms. The quantitative estimate of drug-likeness (QED) is 0.198. The second kappa shape index (κ2) is 15.8. The maximum atomic E-state index is 13.5. The van der Waals surface area contributed by atoms with Crippen LogP contribution in [-0.2, 0) is 16.6 Å². The number of piperidine rings is 2. The first-order valence-electron chi connectivity index (χ1n) is 20.0. The number of hydrogen-bond acceptors (Lipinski definition) is 11. The van der Waals surface area contributed by atoms with Crippen molar-refractivity contribution in [2.45, 2.75) is 31.7 Å². The van der Waals surface area contributed by atoms with Gasteiger partial charge in [-0.15, -0.1) is 0 Å². The zero-order chi connectivity index (χ0) is 40.9.